The van der Waals surface area contributed by atoms with Crippen LogP contribution in [-0.2, 0) is 9.53 Å². The number of aromatic carboxylic acids is 1. The number of carbonyl (C=O) groups is 5. The first-order valence-electron chi connectivity index (χ1n) is 16.2. The van der Waals surface area contributed by atoms with Crippen LogP contribution in [0.3, 0.4) is 0 Å². The second kappa shape index (κ2) is 19.0. The van der Waals surface area contributed by atoms with Crippen molar-refractivity contribution < 1.29 is 52.8 Å². The highest BCUT2D eigenvalue weighted by molar-refractivity contribution is 6.10. The molecule has 0 aliphatic carbocycles. The van der Waals surface area contributed by atoms with Gasteiger partial charge >= 0.3 is 12.1 Å². The zero-order chi connectivity index (χ0) is 40.0. The molecule has 1 unspecified atom stereocenters. The SMILES string of the molecule is C=CCOc1c(C(=O)O)ccc(NC(=O)c2ccc(NC(=O)c3ccc(NC(=O)C(CC#N)NC(=O)OC(C)(C)C)cc3)c(OC)c2OCC=C)c1OC. The Kier molecular flexibility index (Phi) is 14.6. The number of ether oxygens (including phenoxy) is 5. The van der Waals surface area contributed by atoms with E-state index < -0.39 is 41.4 Å². The minimum absolute atomic E-state index is 0.00551. The molecule has 1 atom stereocenters. The molecule has 5 N–H and O–H groups in total. The number of amides is 4. The van der Waals surface area contributed by atoms with E-state index in [0.29, 0.717) is 0 Å². The molecule has 0 saturated heterocycles. The lowest BCUT2D eigenvalue weighted by molar-refractivity contribution is -0.118. The highest BCUT2D eigenvalue weighted by Crippen LogP contribution is 2.42. The van der Waals surface area contributed by atoms with Crippen LogP contribution in [0.1, 0.15) is 58.3 Å². The van der Waals surface area contributed by atoms with Crippen molar-refractivity contribution in [1.82, 2.24) is 5.32 Å². The highest BCUT2D eigenvalue weighted by atomic mass is 16.6. The quantitative estimate of drug-likeness (QED) is 0.104. The van der Waals surface area contributed by atoms with Crippen LogP contribution in [0.15, 0.2) is 73.8 Å². The van der Waals surface area contributed by atoms with Crippen LogP contribution in [0.2, 0.25) is 0 Å². The Hall–Kier alpha value is -7.02. The predicted molar refractivity (Wildman–Crippen MR) is 199 cm³/mol. The van der Waals surface area contributed by atoms with Crippen LogP contribution in [0, 0.1) is 11.3 Å². The highest BCUT2D eigenvalue weighted by Gasteiger charge is 2.27. The average Bonchev–Trinajstić information content (AvgIpc) is 3.12. The molecular formula is C38H41N5O11. The van der Waals surface area contributed by atoms with Crippen molar-refractivity contribution in [1.29, 1.82) is 5.26 Å². The first kappa shape index (κ1) is 41.4. The largest absolute Gasteiger partial charge is 0.491 e. The average molecular weight is 744 g/mol. The second-order valence-electron chi connectivity index (χ2n) is 12.1. The van der Waals surface area contributed by atoms with Crippen molar-refractivity contribution in [3.8, 4) is 29.1 Å². The predicted octanol–water partition coefficient (Wildman–Crippen LogP) is 5.78. The van der Waals surface area contributed by atoms with Crippen molar-refractivity contribution in [3.05, 3.63) is 90.5 Å². The van der Waals surface area contributed by atoms with Gasteiger partial charge in [-0.3, -0.25) is 14.4 Å². The van der Waals surface area contributed by atoms with Gasteiger partial charge in [-0.05, 0) is 69.3 Å². The number of methoxy groups -OCH3 is 2. The molecule has 0 saturated carbocycles. The molecule has 3 aromatic carbocycles. The van der Waals surface area contributed by atoms with Gasteiger partial charge in [0.25, 0.3) is 11.8 Å². The molecule has 0 aliphatic heterocycles. The summed E-state index contributed by atoms with van der Waals surface area (Å²) in [6.07, 6.45) is 1.69. The van der Waals surface area contributed by atoms with Crippen molar-refractivity contribution in [2.24, 2.45) is 0 Å². The minimum Gasteiger partial charge on any atom is -0.491 e. The normalized spacial score (nSPS) is 11.0. The third kappa shape index (κ3) is 11.0. The summed E-state index contributed by atoms with van der Waals surface area (Å²) in [5.41, 5.74) is -0.317. The Bertz CT molecular complexity index is 1950. The lowest BCUT2D eigenvalue weighted by atomic mass is 10.1. The third-order valence-electron chi connectivity index (χ3n) is 7.01. The van der Waals surface area contributed by atoms with E-state index in [9.17, 15) is 29.1 Å². The van der Waals surface area contributed by atoms with Crippen LogP contribution >= 0.6 is 0 Å². The van der Waals surface area contributed by atoms with Gasteiger partial charge in [0.05, 0.1) is 43.6 Å². The summed E-state index contributed by atoms with van der Waals surface area (Å²) in [5.74, 6) is -3.41. The van der Waals surface area contributed by atoms with Gasteiger partial charge in [0.2, 0.25) is 5.91 Å². The fourth-order valence-corrected chi connectivity index (χ4v) is 4.71. The zero-order valence-corrected chi connectivity index (χ0v) is 30.4. The summed E-state index contributed by atoms with van der Waals surface area (Å²) >= 11 is 0. The Morgan fingerprint density at radius 3 is 1.78 bits per heavy atom. The standard InChI is InChI=1S/C38H41N5O11/c1-8-20-52-29-24(34(45)42-27-17-15-25(36(47)48)30(32(27)51-7)53-21-9-2)14-16-26(31(29)50-6)41-33(44)22-10-12-23(13-11-22)40-35(46)28(18-19-39)43-37(49)54-38(3,4)5/h8-17,28H,1-2,18,20-21H2,3-7H3,(H,40,46)(H,41,44)(H,42,45)(H,43,49)(H,47,48). The van der Waals surface area contributed by atoms with E-state index in [1.54, 1.807) is 20.8 Å². The second-order valence-corrected chi connectivity index (χ2v) is 12.1. The first-order chi connectivity index (χ1) is 25.7. The van der Waals surface area contributed by atoms with Crippen molar-refractivity contribution in [2.75, 3.05) is 43.4 Å². The lowest BCUT2D eigenvalue weighted by Gasteiger charge is -2.22. The molecule has 0 spiro atoms. The Morgan fingerprint density at radius 1 is 0.778 bits per heavy atom. The van der Waals surface area contributed by atoms with Crippen LogP contribution in [0.4, 0.5) is 21.9 Å². The van der Waals surface area contributed by atoms with Gasteiger partial charge in [0, 0.05) is 11.3 Å². The summed E-state index contributed by atoms with van der Waals surface area (Å²) in [5, 5.41) is 29.2. The maximum absolute atomic E-state index is 13.7. The lowest BCUT2D eigenvalue weighted by Crippen LogP contribution is -2.45. The smallest absolute Gasteiger partial charge is 0.408 e. The number of benzene rings is 3. The summed E-state index contributed by atoms with van der Waals surface area (Å²) < 4.78 is 27.5. The van der Waals surface area contributed by atoms with Gasteiger partial charge in [-0.15, -0.1) is 0 Å². The molecule has 3 aromatic rings. The van der Waals surface area contributed by atoms with E-state index in [4.69, 9.17) is 28.9 Å². The molecular weight excluding hydrogens is 702 g/mol. The summed E-state index contributed by atoms with van der Waals surface area (Å²) in [6, 6.07) is 11.9. The number of nitrogens with zero attached hydrogens (tertiary/aromatic N) is 1. The molecule has 284 valence electrons. The Balaban J connectivity index is 1.85. The van der Waals surface area contributed by atoms with E-state index in [-0.39, 0.29) is 76.4 Å². The van der Waals surface area contributed by atoms with E-state index in [2.05, 4.69) is 34.4 Å². The number of hydrogen-bond donors (Lipinski definition) is 5. The van der Waals surface area contributed by atoms with E-state index in [0.717, 1.165) is 0 Å². The molecule has 3 rings (SSSR count). The van der Waals surface area contributed by atoms with Gasteiger partial charge in [0.15, 0.2) is 23.0 Å². The molecule has 16 heteroatoms. The topological polar surface area (TPSA) is 224 Å². The molecule has 0 fully saturated rings. The molecule has 0 aliphatic rings. The van der Waals surface area contributed by atoms with E-state index in [1.165, 1.54) is 74.9 Å². The number of rotatable bonds is 17. The number of carboxylic acid groups (broad SMARTS) is 1. The Morgan fingerprint density at radius 2 is 1.30 bits per heavy atom. The number of nitrogens with one attached hydrogen (secondary N) is 4. The van der Waals surface area contributed by atoms with Gasteiger partial charge < -0.3 is 50.1 Å². The van der Waals surface area contributed by atoms with Gasteiger partial charge in [-0.25, -0.2) is 9.59 Å². The fourth-order valence-electron chi connectivity index (χ4n) is 4.71. The molecule has 54 heavy (non-hydrogen) atoms. The maximum atomic E-state index is 13.7. The molecule has 0 heterocycles. The summed E-state index contributed by atoms with van der Waals surface area (Å²) in [7, 11) is 2.61. The van der Waals surface area contributed by atoms with Crippen LogP contribution in [0.25, 0.3) is 0 Å². The molecule has 0 bridgehead atoms. The fraction of sp³-hybridized carbons (Fsp3) is 0.263. The molecule has 0 aromatic heterocycles. The van der Waals surface area contributed by atoms with Gasteiger partial charge in [-0.1, -0.05) is 25.3 Å². The minimum atomic E-state index is -1.27. The van der Waals surface area contributed by atoms with Crippen LogP contribution < -0.4 is 40.2 Å². The summed E-state index contributed by atoms with van der Waals surface area (Å²) in [6.45, 7) is 12.1. The molecule has 0 radical (unpaired) electrons. The van der Waals surface area contributed by atoms with Crippen LogP contribution in [-0.4, -0.2) is 74.0 Å². The number of nitriles is 1. The Labute approximate surface area is 311 Å². The van der Waals surface area contributed by atoms with Gasteiger partial charge in [0.1, 0.15) is 30.4 Å². The van der Waals surface area contributed by atoms with Crippen molar-refractivity contribution in [3.63, 3.8) is 0 Å². The first-order valence-corrected chi connectivity index (χ1v) is 16.2. The van der Waals surface area contributed by atoms with E-state index in [1.807, 2.05) is 6.07 Å². The molecule has 16 nitrogen and oxygen atoms in total. The number of anilines is 3. The number of carbonyl (C=O) groups excluding carboxylic acids is 4. The van der Waals surface area contributed by atoms with Gasteiger partial charge in [-0.2, -0.15) is 5.26 Å². The maximum Gasteiger partial charge on any atom is 0.408 e. The van der Waals surface area contributed by atoms with Crippen LogP contribution in [0.5, 0.6) is 23.0 Å². The number of hydrogen-bond acceptors (Lipinski definition) is 11. The monoisotopic (exact) mass is 743 g/mol. The summed E-state index contributed by atoms with van der Waals surface area (Å²) in [4.78, 5) is 63.8. The number of carboxylic acids is 1. The van der Waals surface area contributed by atoms with Crippen molar-refractivity contribution in [2.45, 2.75) is 38.8 Å². The van der Waals surface area contributed by atoms with Crippen molar-refractivity contribution >= 4 is 46.8 Å². The number of alkyl carbamates (subject to hydrolysis) is 1. The third-order valence-corrected chi connectivity index (χ3v) is 7.01. The zero-order valence-electron chi connectivity index (χ0n) is 30.4. The van der Waals surface area contributed by atoms with E-state index >= 15 is 0 Å². The molecule has 4 amide bonds.